The van der Waals surface area contributed by atoms with Gasteiger partial charge in [-0.2, -0.15) is 13.2 Å². The molecule has 8 heteroatoms. The molecular formula is C14H15F5N2O. The number of hydrogen-bond acceptors (Lipinski definition) is 2. The molecule has 1 saturated heterocycles. The van der Waals surface area contributed by atoms with Crippen LogP contribution in [0.1, 0.15) is 12.0 Å². The predicted molar refractivity (Wildman–Crippen MR) is 69.3 cm³/mol. The third kappa shape index (κ3) is 3.94. The molecule has 0 saturated carbocycles. The van der Waals surface area contributed by atoms with Gasteiger partial charge in [0.25, 0.3) is 5.92 Å². The molecule has 22 heavy (non-hydrogen) atoms. The molecule has 1 aromatic carbocycles. The molecule has 0 spiro atoms. The first-order chi connectivity index (χ1) is 10.2. The molecule has 1 aliphatic rings. The van der Waals surface area contributed by atoms with Crippen molar-refractivity contribution >= 4 is 5.91 Å². The Labute approximate surface area is 124 Å². The lowest BCUT2D eigenvalue weighted by Gasteiger charge is -2.38. The van der Waals surface area contributed by atoms with Crippen molar-refractivity contribution in [2.75, 3.05) is 13.1 Å². The minimum Gasteiger partial charge on any atom is -0.329 e. The van der Waals surface area contributed by atoms with E-state index in [1.807, 2.05) is 0 Å². The number of alkyl halides is 5. The van der Waals surface area contributed by atoms with E-state index in [2.05, 4.69) is 5.32 Å². The van der Waals surface area contributed by atoms with Crippen molar-refractivity contribution in [1.82, 2.24) is 10.2 Å². The molecule has 1 N–H and O–H groups in total. The van der Waals surface area contributed by atoms with E-state index in [0.717, 1.165) is 5.56 Å². The molecule has 3 nitrogen and oxygen atoms in total. The smallest absolute Gasteiger partial charge is 0.329 e. The number of carbonyl (C=O) groups excluding carboxylic acids is 1. The van der Waals surface area contributed by atoms with Crippen LogP contribution in [-0.4, -0.2) is 42.0 Å². The van der Waals surface area contributed by atoms with Gasteiger partial charge in [-0.15, -0.1) is 0 Å². The third-order valence-corrected chi connectivity index (χ3v) is 3.52. The highest BCUT2D eigenvalue weighted by Crippen LogP contribution is 2.30. The number of carbonyl (C=O) groups is 1. The van der Waals surface area contributed by atoms with E-state index in [9.17, 15) is 26.7 Å². The maximum Gasteiger partial charge on any atom is 0.471 e. The monoisotopic (exact) mass is 322 g/mol. The molecule has 0 bridgehead atoms. The first-order valence-corrected chi connectivity index (χ1v) is 6.71. The largest absolute Gasteiger partial charge is 0.471 e. The van der Waals surface area contributed by atoms with Gasteiger partial charge in [-0.1, -0.05) is 30.3 Å². The van der Waals surface area contributed by atoms with E-state index in [4.69, 9.17) is 0 Å². The zero-order valence-electron chi connectivity index (χ0n) is 11.5. The Morgan fingerprint density at radius 1 is 1.27 bits per heavy atom. The molecule has 1 aliphatic heterocycles. The van der Waals surface area contributed by atoms with E-state index in [1.165, 1.54) is 0 Å². The molecule has 1 amide bonds. The molecule has 1 aromatic rings. The summed E-state index contributed by atoms with van der Waals surface area (Å²) in [5.74, 6) is -5.62. The minimum atomic E-state index is -5.12. The first-order valence-electron chi connectivity index (χ1n) is 6.71. The lowest BCUT2D eigenvalue weighted by atomic mass is 10.00. The van der Waals surface area contributed by atoms with Crippen molar-refractivity contribution in [2.24, 2.45) is 0 Å². The van der Waals surface area contributed by atoms with Gasteiger partial charge in [-0.25, -0.2) is 8.78 Å². The number of nitrogens with zero attached hydrogens (tertiary/aromatic N) is 1. The van der Waals surface area contributed by atoms with Crippen molar-refractivity contribution in [1.29, 1.82) is 0 Å². The molecule has 1 atom stereocenters. The van der Waals surface area contributed by atoms with Crippen molar-refractivity contribution < 1.29 is 26.7 Å². The summed E-state index contributed by atoms with van der Waals surface area (Å²) in [7, 11) is 0. The zero-order chi connectivity index (χ0) is 16.4. The summed E-state index contributed by atoms with van der Waals surface area (Å²) in [5.41, 5.74) is 0.798. The van der Waals surface area contributed by atoms with Crippen LogP contribution in [0.4, 0.5) is 22.0 Å². The Bertz CT molecular complexity index is 518. The summed E-state index contributed by atoms with van der Waals surface area (Å²) in [5, 5.41) is 2.66. The number of rotatable bonds is 3. The molecular weight excluding hydrogens is 307 g/mol. The lowest BCUT2D eigenvalue weighted by molar-refractivity contribution is -0.194. The van der Waals surface area contributed by atoms with E-state index in [1.54, 1.807) is 30.3 Å². The highest BCUT2D eigenvalue weighted by atomic mass is 19.4. The second-order valence-corrected chi connectivity index (χ2v) is 5.19. The number of piperidine rings is 1. The number of amides is 1. The lowest BCUT2D eigenvalue weighted by Crippen LogP contribution is -2.59. The zero-order valence-corrected chi connectivity index (χ0v) is 11.5. The van der Waals surface area contributed by atoms with Gasteiger partial charge in [0.1, 0.15) is 0 Å². The van der Waals surface area contributed by atoms with Crippen molar-refractivity contribution in [2.45, 2.75) is 31.1 Å². The fourth-order valence-electron chi connectivity index (χ4n) is 2.38. The van der Waals surface area contributed by atoms with E-state index in [-0.39, 0.29) is 24.4 Å². The first kappa shape index (κ1) is 16.7. The second-order valence-electron chi connectivity index (χ2n) is 5.19. The fraction of sp³-hybridized carbons (Fsp3) is 0.500. The third-order valence-electron chi connectivity index (χ3n) is 3.52. The van der Waals surface area contributed by atoms with Gasteiger partial charge in [0.05, 0.1) is 12.6 Å². The van der Waals surface area contributed by atoms with Gasteiger partial charge in [-0.05, 0) is 12.0 Å². The predicted octanol–water partition coefficient (Wildman–Crippen LogP) is 2.57. The summed E-state index contributed by atoms with van der Waals surface area (Å²) < 4.78 is 64.8. The SMILES string of the molecule is O=C(N1CCC(NCc2ccccc2)C(F)(F)C1)C(F)(F)F. The molecule has 1 heterocycles. The summed E-state index contributed by atoms with van der Waals surface area (Å²) in [6.45, 7) is -1.38. The van der Waals surface area contributed by atoms with Crippen LogP contribution in [0, 0.1) is 0 Å². The van der Waals surface area contributed by atoms with Gasteiger partial charge in [0.15, 0.2) is 0 Å². The number of benzene rings is 1. The van der Waals surface area contributed by atoms with Gasteiger partial charge in [0.2, 0.25) is 0 Å². The Morgan fingerprint density at radius 2 is 1.91 bits per heavy atom. The highest BCUT2D eigenvalue weighted by molar-refractivity contribution is 5.82. The average molecular weight is 322 g/mol. The molecule has 1 fully saturated rings. The number of likely N-dealkylation sites (tertiary alicyclic amines) is 1. The van der Waals surface area contributed by atoms with Gasteiger partial charge < -0.3 is 10.2 Å². The molecule has 122 valence electrons. The van der Waals surface area contributed by atoms with E-state index < -0.39 is 30.6 Å². The summed E-state index contributed by atoms with van der Waals surface area (Å²) >= 11 is 0. The standard InChI is InChI=1S/C14H15F5N2O/c15-13(16)9-21(12(22)14(17,18)19)7-6-11(13)20-8-10-4-2-1-3-5-10/h1-5,11,20H,6-9H2. The Balaban J connectivity index is 1.95. The Hall–Kier alpha value is -1.70. The molecule has 1 unspecified atom stereocenters. The van der Waals surface area contributed by atoms with Crippen LogP contribution >= 0.6 is 0 Å². The molecule has 2 rings (SSSR count). The Morgan fingerprint density at radius 3 is 2.45 bits per heavy atom. The van der Waals surface area contributed by atoms with Crippen LogP contribution in [0.5, 0.6) is 0 Å². The van der Waals surface area contributed by atoms with E-state index >= 15 is 0 Å². The quantitative estimate of drug-likeness (QED) is 0.868. The van der Waals surface area contributed by atoms with Crippen molar-refractivity contribution in [3.63, 3.8) is 0 Å². The van der Waals surface area contributed by atoms with Crippen molar-refractivity contribution in [3.05, 3.63) is 35.9 Å². The average Bonchev–Trinajstić information content (AvgIpc) is 2.44. The van der Waals surface area contributed by atoms with Crippen LogP contribution in [0.15, 0.2) is 30.3 Å². The van der Waals surface area contributed by atoms with Crippen LogP contribution in [0.3, 0.4) is 0 Å². The minimum absolute atomic E-state index is 0.167. The van der Waals surface area contributed by atoms with Crippen LogP contribution in [0.2, 0.25) is 0 Å². The van der Waals surface area contributed by atoms with Gasteiger partial charge in [0, 0.05) is 13.1 Å². The number of hydrogen-bond donors (Lipinski definition) is 1. The molecule has 0 aliphatic carbocycles. The maximum absolute atomic E-state index is 13.9. The van der Waals surface area contributed by atoms with Gasteiger partial charge >= 0.3 is 12.1 Å². The summed E-state index contributed by atoms with van der Waals surface area (Å²) in [6, 6.07) is 7.57. The van der Waals surface area contributed by atoms with Crippen LogP contribution in [-0.2, 0) is 11.3 Å². The van der Waals surface area contributed by atoms with Crippen molar-refractivity contribution in [3.8, 4) is 0 Å². The number of nitrogens with one attached hydrogen (secondary N) is 1. The fourth-order valence-corrected chi connectivity index (χ4v) is 2.38. The maximum atomic E-state index is 13.9. The normalized spacial score (nSPS) is 21.7. The molecule has 0 aromatic heterocycles. The Kier molecular flexibility index (Phi) is 4.69. The van der Waals surface area contributed by atoms with Crippen LogP contribution < -0.4 is 5.32 Å². The summed E-state index contributed by atoms with van der Waals surface area (Å²) in [4.78, 5) is 11.2. The second kappa shape index (κ2) is 6.20. The van der Waals surface area contributed by atoms with Gasteiger partial charge in [-0.3, -0.25) is 4.79 Å². The molecule has 0 radical (unpaired) electrons. The topological polar surface area (TPSA) is 32.3 Å². The van der Waals surface area contributed by atoms with Crippen LogP contribution in [0.25, 0.3) is 0 Å². The highest BCUT2D eigenvalue weighted by Gasteiger charge is 2.50. The number of halogens is 5. The van der Waals surface area contributed by atoms with E-state index in [0.29, 0.717) is 0 Å². The summed E-state index contributed by atoms with van der Waals surface area (Å²) in [6.07, 6.45) is -5.36.